The number of sulfonamides is 1. The summed E-state index contributed by atoms with van der Waals surface area (Å²) in [4.78, 5) is 18.5. The molecule has 0 spiro atoms. The minimum Gasteiger partial charge on any atom is -0.349 e. The summed E-state index contributed by atoms with van der Waals surface area (Å²) in [5, 5.41) is 5.11. The van der Waals surface area contributed by atoms with Crippen LogP contribution in [0.5, 0.6) is 0 Å². The number of rotatable bonds is 7. The third-order valence-electron chi connectivity index (χ3n) is 5.44. The molecule has 1 fully saturated rings. The van der Waals surface area contributed by atoms with Gasteiger partial charge in [0.25, 0.3) is 5.91 Å². The second-order valence-corrected chi connectivity index (χ2v) is 11.4. The number of hydrogen-bond acceptors (Lipinski definition) is 6. The first kappa shape index (κ1) is 23.0. The molecule has 1 aromatic heterocycles. The molecule has 6 nitrogen and oxygen atoms in total. The second kappa shape index (κ2) is 10.2. The molecule has 3 aromatic rings. The zero-order valence-electron chi connectivity index (χ0n) is 17.7. The highest BCUT2D eigenvalue weighted by atomic mass is 32.2. The van der Waals surface area contributed by atoms with Crippen LogP contribution in [0, 0.1) is 6.92 Å². The van der Waals surface area contributed by atoms with Crippen molar-refractivity contribution in [3.63, 3.8) is 0 Å². The lowest BCUT2D eigenvalue weighted by Gasteiger charge is -2.31. The van der Waals surface area contributed by atoms with E-state index in [1.54, 1.807) is 40.7 Å². The average Bonchev–Trinajstić information content (AvgIpc) is 3.32. The number of carbonyl (C=O) groups excluding carboxylic acids is 1. The van der Waals surface area contributed by atoms with E-state index in [4.69, 9.17) is 0 Å². The fraction of sp³-hybridized carbons (Fsp3) is 0.304. The van der Waals surface area contributed by atoms with Gasteiger partial charge >= 0.3 is 0 Å². The molecule has 32 heavy (non-hydrogen) atoms. The number of hydrogen-bond donors (Lipinski definition) is 1. The Kier molecular flexibility index (Phi) is 7.30. The third kappa shape index (κ3) is 5.40. The highest BCUT2D eigenvalue weighted by molar-refractivity contribution is 7.98. The largest absolute Gasteiger partial charge is 0.349 e. The lowest BCUT2D eigenvalue weighted by atomic mass is 10.1. The van der Waals surface area contributed by atoms with Gasteiger partial charge in [-0.05, 0) is 44.0 Å². The third-order valence-corrected chi connectivity index (χ3v) is 9.09. The molecular weight excluding hydrogens is 462 g/mol. The summed E-state index contributed by atoms with van der Waals surface area (Å²) in [6.07, 6.45) is 1.18. The van der Waals surface area contributed by atoms with Crippen molar-refractivity contribution in [1.29, 1.82) is 0 Å². The number of benzene rings is 2. The molecule has 9 heteroatoms. The number of nitrogens with zero attached hydrogens (tertiary/aromatic N) is 2. The fourth-order valence-electron chi connectivity index (χ4n) is 3.60. The van der Waals surface area contributed by atoms with E-state index >= 15 is 0 Å². The highest BCUT2D eigenvalue weighted by Gasteiger charge is 2.30. The van der Waals surface area contributed by atoms with Crippen LogP contribution >= 0.6 is 23.1 Å². The molecule has 1 N–H and O–H groups in total. The van der Waals surface area contributed by atoms with E-state index in [-0.39, 0.29) is 11.9 Å². The maximum atomic E-state index is 13.0. The second-order valence-electron chi connectivity index (χ2n) is 7.73. The van der Waals surface area contributed by atoms with Crippen molar-refractivity contribution in [2.24, 2.45) is 0 Å². The first-order valence-electron chi connectivity index (χ1n) is 10.4. The minimum atomic E-state index is -3.51. The van der Waals surface area contributed by atoms with Crippen LogP contribution in [-0.2, 0) is 15.8 Å². The van der Waals surface area contributed by atoms with Crippen molar-refractivity contribution < 1.29 is 13.2 Å². The Morgan fingerprint density at radius 3 is 2.56 bits per heavy atom. The number of piperidine rings is 1. The van der Waals surface area contributed by atoms with E-state index in [0.717, 1.165) is 16.2 Å². The van der Waals surface area contributed by atoms with Crippen LogP contribution < -0.4 is 5.32 Å². The fourth-order valence-corrected chi connectivity index (χ4v) is 6.69. The van der Waals surface area contributed by atoms with Crippen molar-refractivity contribution in [3.8, 4) is 0 Å². The standard InChI is InChI=1S/C23H25N3O3S3/c1-17-6-8-20(9-7-17)32(28,29)26-12-10-18(11-13-26)25-23(27)21-4-2-3-5-22(21)31-15-19-14-30-16-24-19/h2-9,14,16,18H,10-13,15H2,1H3,(H,25,27). The van der Waals surface area contributed by atoms with E-state index in [9.17, 15) is 13.2 Å². The molecule has 4 rings (SSSR count). The summed E-state index contributed by atoms with van der Waals surface area (Å²) in [5.41, 5.74) is 4.47. The summed E-state index contributed by atoms with van der Waals surface area (Å²) in [6.45, 7) is 2.71. The van der Waals surface area contributed by atoms with Gasteiger partial charge in [0, 0.05) is 35.2 Å². The lowest BCUT2D eigenvalue weighted by molar-refractivity contribution is 0.0921. The summed E-state index contributed by atoms with van der Waals surface area (Å²) < 4.78 is 27.3. The van der Waals surface area contributed by atoms with Gasteiger partial charge in [0.15, 0.2) is 0 Å². The zero-order valence-corrected chi connectivity index (χ0v) is 20.2. The molecule has 0 atom stereocenters. The minimum absolute atomic E-state index is 0.0523. The summed E-state index contributed by atoms with van der Waals surface area (Å²) in [5.74, 6) is 0.592. The summed E-state index contributed by atoms with van der Waals surface area (Å²) >= 11 is 3.15. The van der Waals surface area contributed by atoms with Crippen molar-refractivity contribution >= 4 is 39.0 Å². The molecular formula is C23H25N3O3S3. The topological polar surface area (TPSA) is 79.4 Å². The molecule has 0 unspecified atom stereocenters. The molecule has 1 aliphatic heterocycles. The van der Waals surface area contributed by atoms with Crippen LogP contribution in [-0.4, -0.2) is 42.7 Å². The average molecular weight is 488 g/mol. The Balaban J connectivity index is 1.35. The van der Waals surface area contributed by atoms with Gasteiger partial charge in [0.1, 0.15) is 0 Å². The van der Waals surface area contributed by atoms with Gasteiger partial charge in [-0.2, -0.15) is 4.31 Å². The highest BCUT2D eigenvalue weighted by Crippen LogP contribution is 2.27. The Hall–Kier alpha value is -2.20. The number of thiazole rings is 1. The number of aromatic nitrogens is 1. The van der Waals surface area contributed by atoms with Gasteiger partial charge in [0.2, 0.25) is 10.0 Å². The van der Waals surface area contributed by atoms with Crippen molar-refractivity contribution in [1.82, 2.24) is 14.6 Å². The predicted octanol–water partition coefficient (Wildman–Crippen LogP) is 4.33. The number of amides is 1. The van der Waals surface area contributed by atoms with Crippen LogP contribution in [0.4, 0.5) is 0 Å². The molecule has 0 aliphatic carbocycles. The lowest BCUT2D eigenvalue weighted by Crippen LogP contribution is -2.46. The molecule has 2 heterocycles. The van der Waals surface area contributed by atoms with Gasteiger partial charge < -0.3 is 5.32 Å². The molecule has 0 bridgehead atoms. The zero-order chi connectivity index (χ0) is 22.6. The van der Waals surface area contributed by atoms with E-state index in [1.165, 1.54) is 4.31 Å². The maximum Gasteiger partial charge on any atom is 0.252 e. The summed E-state index contributed by atoms with van der Waals surface area (Å²) in [7, 11) is -3.51. The number of aryl methyl sites for hydroxylation is 1. The van der Waals surface area contributed by atoms with Crippen LogP contribution in [0.2, 0.25) is 0 Å². The SMILES string of the molecule is Cc1ccc(S(=O)(=O)N2CCC(NC(=O)c3ccccc3SCc3cscn3)CC2)cc1. The predicted molar refractivity (Wildman–Crippen MR) is 129 cm³/mol. The van der Waals surface area contributed by atoms with E-state index in [1.807, 2.05) is 48.7 Å². The van der Waals surface area contributed by atoms with Crippen molar-refractivity contribution in [3.05, 3.63) is 76.2 Å². The Bertz CT molecular complexity index is 1150. The van der Waals surface area contributed by atoms with Crippen LogP contribution in [0.1, 0.15) is 34.5 Å². The van der Waals surface area contributed by atoms with Gasteiger partial charge in [-0.1, -0.05) is 29.8 Å². The Labute approximate surface area is 197 Å². The van der Waals surface area contributed by atoms with Crippen LogP contribution in [0.15, 0.2) is 69.2 Å². The quantitative estimate of drug-likeness (QED) is 0.502. The van der Waals surface area contributed by atoms with Crippen LogP contribution in [0.25, 0.3) is 0 Å². The van der Waals surface area contributed by atoms with E-state index in [0.29, 0.717) is 42.1 Å². The normalized spacial score (nSPS) is 15.5. The molecule has 2 aromatic carbocycles. The Morgan fingerprint density at radius 1 is 1.16 bits per heavy atom. The van der Waals surface area contributed by atoms with Gasteiger partial charge in [0.05, 0.1) is 21.7 Å². The number of thioether (sulfide) groups is 1. The smallest absolute Gasteiger partial charge is 0.252 e. The van der Waals surface area contributed by atoms with Crippen LogP contribution in [0.3, 0.4) is 0 Å². The van der Waals surface area contributed by atoms with Crippen molar-refractivity contribution in [2.45, 2.75) is 41.4 Å². The maximum absolute atomic E-state index is 13.0. The van der Waals surface area contributed by atoms with Gasteiger partial charge in [-0.3, -0.25) is 4.79 Å². The molecule has 0 radical (unpaired) electrons. The first-order valence-corrected chi connectivity index (χ1v) is 13.8. The molecule has 1 aliphatic rings. The molecule has 1 saturated heterocycles. The monoisotopic (exact) mass is 487 g/mol. The Morgan fingerprint density at radius 2 is 1.88 bits per heavy atom. The van der Waals surface area contributed by atoms with Gasteiger partial charge in [-0.15, -0.1) is 23.1 Å². The number of nitrogens with one attached hydrogen (secondary N) is 1. The summed E-state index contributed by atoms with van der Waals surface area (Å²) in [6, 6.07) is 14.4. The molecule has 1 amide bonds. The van der Waals surface area contributed by atoms with E-state index in [2.05, 4.69) is 10.3 Å². The molecule has 168 valence electrons. The van der Waals surface area contributed by atoms with Crippen molar-refractivity contribution in [2.75, 3.05) is 13.1 Å². The van der Waals surface area contributed by atoms with Gasteiger partial charge in [-0.25, -0.2) is 13.4 Å². The van der Waals surface area contributed by atoms with E-state index < -0.39 is 10.0 Å². The molecule has 0 saturated carbocycles. The number of carbonyl (C=O) groups is 1. The first-order chi connectivity index (χ1) is 15.4.